The van der Waals surface area contributed by atoms with Gasteiger partial charge in [0.1, 0.15) is 0 Å². The molecule has 1 aliphatic heterocycles. The van der Waals surface area contributed by atoms with Crippen LogP contribution in [0.25, 0.3) is 0 Å². The Bertz CT molecular complexity index is 432. The average molecular weight is 515 g/mol. The molecule has 1 heterocycles. The van der Waals surface area contributed by atoms with Crippen molar-refractivity contribution in [3.8, 4) is 0 Å². The monoisotopic (exact) mass is 515 g/mol. The first-order chi connectivity index (χ1) is 9.04. The van der Waals surface area contributed by atoms with E-state index >= 15 is 0 Å². The molecule has 3 atom stereocenters. The number of nitrogens with zero attached hydrogens (tertiary/aromatic N) is 1. The van der Waals surface area contributed by atoms with Gasteiger partial charge in [-0.2, -0.15) is 0 Å². The van der Waals surface area contributed by atoms with Crippen molar-refractivity contribution in [2.45, 2.75) is 19.8 Å². The van der Waals surface area contributed by atoms with Crippen LogP contribution in [0, 0.1) is 17.8 Å². The van der Waals surface area contributed by atoms with Crippen molar-refractivity contribution in [1.29, 1.82) is 0 Å². The second-order valence-electron chi connectivity index (χ2n) is 5.36. The number of hydrogen-bond donors (Lipinski definition) is 1. The molecule has 1 N–H and O–H groups in total. The number of carboxylic acids is 1. The van der Waals surface area contributed by atoms with Gasteiger partial charge in [-0.3, -0.25) is 0 Å². The van der Waals surface area contributed by atoms with Crippen LogP contribution >= 0.6 is 0 Å². The van der Waals surface area contributed by atoms with Gasteiger partial charge in [0.15, 0.2) is 0 Å². The number of rotatable bonds is 3. The molecule has 0 aromatic carbocycles. The third-order valence-corrected chi connectivity index (χ3v) is 7.29. The summed E-state index contributed by atoms with van der Waals surface area (Å²) in [7, 11) is 0. The van der Waals surface area contributed by atoms with E-state index < -0.39 is 17.8 Å². The van der Waals surface area contributed by atoms with Crippen LogP contribution in [0.3, 0.4) is 0 Å². The molecule has 1 fully saturated rings. The number of amides is 1. The first kappa shape index (κ1) is 12.9. The summed E-state index contributed by atoms with van der Waals surface area (Å²) in [6.45, 7) is 6.61. The molecule has 2 aliphatic rings. The summed E-state index contributed by atoms with van der Waals surface area (Å²) in [6.07, 6.45) is 4.82. The fourth-order valence-corrected chi connectivity index (χ4v) is 5.57. The van der Waals surface area contributed by atoms with Crippen molar-refractivity contribution < 1.29 is 14.7 Å². The zero-order valence-corrected chi connectivity index (χ0v) is 17.4. The molecule has 1 aliphatic carbocycles. The predicted octanol–water partition coefficient (Wildman–Crippen LogP) is 1.64. The Kier molecular flexibility index (Phi) is 3.36. The van der Waals surface area contributed by atoms with Gasteiger partial charge in [-0.25, -0.2) is 0 Å². The van der Waals surface area contributed by atoms with E-state index in [4.69, 9.17) is 0 Å². The van der Waals surface area contributed by atoms with Gasteiger partial charge >= 0.3 is 106 Å². The third kappa shape index (κ3) is 2.34. The number of carbonyl (C=O) groups excluding carboxylic acids is 1. The Morgan fingerprint density at radius 2 is 2.00 bits per heavy atom. The zero-order chi connectivity index (χ0) is 14.0. The van der Waals surface area contributed by atoms with Crippen molar-refractivity contribution in [3.63, 3.8) is 0 Å². The van der Waals surface area contributed by atoms with Gasteiger partial charge in [-0.05, 0) is 0 Å². The Balaban J connectivity index is 2.09. The molecule has 0 radical (unpaired) electrons. The van der Waals surface area contributed by atoms with Gasteiger partial charge in [0.05, 0.1) is 0 Å². The molecule has 0 spiro atoms. The molecule has 2 rings (SSSR count). The number of likely N-dealkylation sites (tertiary alicyclic amines) is 1. The third-order valence-electron chi connectivity index (χ3n) is 4.14. The Hall–Kier alpha value is -2.58. The van der Waals surface area contributed by atoms with Crippen molar-refractivity contribution in [2.24, 2.45) is 17.8 Å². The molecule has 1 saturated heterocycles. The molecular formula is C14H18NO3Rf. The van der Waals surface area contributed by atoms with E-state index in [0.717, 1.165) is 12.1 Å². The fourth-order valence-electron chi connectivity index (χ4n) is 2.89. The quantitative estimate of drug-likeness (QED) is 0.582. The molecule has 0 saturated carbocycles. The van der Waals surface area contributed by atoms with Gasteiger partial charge in [0.2, 0.25) is 0 Å². The number of carbonyl (C=O) groups is 2. The fraction of sp³-hybridized carbons (Fsp3) is 0.571. The first-order valence-corrected chi connectivity index (χ1v) is 11.2. The van der Waals surface area contributed by atoms with Gasteiger partial charge in [0.25, 0.3) is 0 Å². The molecular weight excluding hydrogens is 497 g/mol. The Morgan fingerprint density at radius 1 is 1.37 bits per heavy atom. The Labute approximate surface area is 107 Å². The molecule has 0 aromatic heterocycles. The van der Waals surface area contributed by atoms with Crippen LogP contribution in [0.1, 0.15) is 12.8 Å². The summed E-state index contributed by atoms with van der Waals surface area (Å²) in [5.41, 5.74) is 1.14. The number of allylic oxidation sites excluding steroid dienone is 2. The van der Waals surface area contributed by atoms with Crippen molar-refractivity contribution in [1.82, 2.24) is 4.90 Å². The van der Waals surface area contributed by atoms with Crippen molar-refractivity contribution >= 4 is 11.9 Å². The maximum absolute atomic E-state index is 12.5. The molecule has 3 unspecified atom stereocenters. The number of aliphatic carboxylic acids is 1. The van der Waals surface area contributed by atoms with E-state index in [2.05, 4.69) is 6.58 Å². The maximum atomic E-state index is 12.5. The van der Waals surface area contributed by atoms with Crippen LogP contribution in [0.2, 0.25) is 6.92 Å². The zero-order valence-electron chi connectivity index (χ0n) is 11.0. The molecule has 0 bridgehead atoms. The average Bonchev–Trinajstić information content (AvgIpc) is 2.79. The Morgan fingerprint density at radius 3 is 2.53 bits per heavy atom. The van der Waals surface area contributed by atoms with Gasteiger partial charge < -0.3 is 0 Å². The summed E-state index contributed by atoms with van der Waals surface area (Å²) < 4.78 is 0.607. The van der Waals surface area contributed by atoms with E-state index in [0.29, 0.717) is 25.3 Å². The van der Waals surface area contributed by atoms with E-state index in [9.17, 15) is 14.7 Å². The van der Waals surface area contributed by atoms with Crippen molar-refractivity contribution in [3.05, 3.63) is 24.3 Å². The summed E-state index contributed by atoms with van der Waals surface area (Å²) in [5.74, 6) is -1.35. The van der Waals surface area contributed by atoms with Crippen LogP contribution in [0.4, 0.5) is 0 Å². The van der Waals surface area contributed by atoms with Crippen LogP contribution in [0.15, 0.2) is 24.3 Å². The van der Waals surface area contributed by atoms with Crippen LogP contribution in [0.5, 0.6) is 0 Å². The standard InChI is InChI=1S/C14H18NO3.Rf/c1-9-7-15(8-10(9)2)13(16)11-5-3-4-6-12(11)14(17)18;/h3-4,9,11-12H,1-2,5-8H2,(H,17,18);. The topological polar surface area (TPSA) is 57.6 Å². The van der Waals surface area contributed by atoms with E-state index in [-0.39, 0.29) is 5.91 Å². The van der Waals surface area contributed by atoms with Crippen LogP contribution < -0.4 is 0 Å². The summed E-state index contributed by atoms with van der Waals surface area (Å²) in [5, 5.41) is 9.24. The van der Waals surface area contributed by atoms with Gasteiger partial charge in [0, 0.05) is 0 Å². The SMILES string of the molecule is C=C1CN(C(=O)C2CC=CCC2C(=O)O)CC1[CH2][Rf]. The van der Waals surface area contributed by atoms with Gasteiger partial charge in [-0.1, -0.05) is 0 Å². The molecule has 0 aromatic rings. The minimum atomic E-state index is -0.857. The van der Waals surface area contributed by atoms with E-state index in [1.807, 2.05) is 17.1 Å². The minimum absolute atomic E-state index is 0.00366. The molecule has 4 nitrogen and oxygen atoms in total. The second kappa shape index (κ2) is 4.96. The summed E-state index contributed by atoms with van der Waals surface area (Å²) >= 11 is 0. The number of carboxylic acid groups (broad SMARTS) is 1. The van der Waals surface area contributed by atoms with E-state index in [1.165, 1.54) is 6.92 Å². The summed E-state index contributed by atoms with van der Waals surface area (Å²) in [4.78, 5) is 25.6. The predicted molar refractivity (Wildman–Crippen MR) is 67.0 cm³/mol. The molecule has 99 valence electrons. The first-order valence-electron chi connectivity index (χ1n) is 6.68. The molecule has 5 heteroatoms. The van der Waals surface area contributed by atoms with Crippen LogP contribution in [-0.2, 0) is 9.59 Å². The van der Waals surface area contributed by atoms with Crippen LogP contribution in [-0.4, -0.2) is 35.0 Å². The second-order valence-corrected chi connectivity index (χ2v) is 7.97. The molecule has 19 heavy (non-hydrogen) atoms. The molecule has 1 amide bonds. The number of hydrogen-bond acceptors (Lipinski definition) is 2. The van der Waals surface area contributed by atoms with E-state index in [1.54, 1.807) is 0 Å². The summed E-state index contributed by atoms with van der Waals surface area (Å²) in [6, 6.07) is 0. The van der Waals surface area contributed by atoms with Crippen molar-refractivity contribution in [2.75, 3.05) is 13.1 Å². The van der Waals surface area contributed by atoms with Gasteiger partial charge in [-0.15, -0.1) is 0 Å². The normalized spacial score (nSPS) is 30.7.